The summed E-state index contributed by atoms with van der Waals surface area (Å²) in [6.45, 7) is 3.93. The number of rotatable bonds is 6. The van der Waals surface area contributed by atoms with Crippen molar-refractivity contribution in [3.63, 3.8) is 0 Å². The molecule has 1 aromatic heterocycles. The lowest BCUT2D eigenvalue weighted by Gasteiger charge is -2.05. The zero-order valence-electron chi connectivity index (χ0n) is 15.8. The van der Waals surface area contributed by atoms with Crippen molar-refractivity contribution in [2.45, 2.75) is 20.3 Å². The van der Waals surface area contributed by atoms with Crippen LogP contribution in [0.15, 0.2) is 58.0 Å². The standard InChI is InChI=1S/C21H18FN3O4/c1-13-3-4-15(14(2)9-13)10-21(26)24-23-12-17-6-8-20(29-17)18-7-5-16(22)11-19(18)25(27)28/h3-9,11-12H,10H2,1-2H3,(H,24,26)/b23-12-. The lowest BCUT2D eigenvalue weighted by Crippen LogP contribution is -2.20. The van der Waals surface area contributed by atoms with Gasteiger partial charge in [-0.2, -0.15) is 5.10 Å². The summed E-state index contributed by atoms with van der Waals surface area (Å²) in [5.41, 5.74) is 5.23. The molecule has 0 bridgehead atoms. The Kier molecular flexibility index (Phi) is 5.82. The van der Waals surface area contributed by atoms with Crippen LogP contribution in [0.25, 0.3) is 11.3 Å². The molecular formula is C21H18FN3O4. The highest BCUT2D eigenvalue weighted by Crippen LogP contribution is 2.31. The van der Waals surface area contributed by atoms with E-state index in [1.165, 1.54) is 18.3 Å². The molecule has 1 N–H and O–H groups in total. The van der Waals surface area contributed by atoms with Crippen molar-refractivity contribution in [1.29, 1.82) is 0 Å². The van der Waals surface area contributed by atoms with Gasteiger partial charge in [-0.3, -0.25) is 14.9 Å². The lowest BCUT2D eigenvalue weighted by atomic mass is 10.0. The molecule has 8 heteroatoms. The van der Waals surface area contributed by atoms with Crippen LogP contribution in [0.1, 0.15) is 22.5 Å². The number of hydrogen-bond donors (Lipinski definition) is 1. The molecular weight excluding hydrogens is 377 g/mol. The number of nitrogens with one attached hydrogen (secondary N) is 1. The van der Waals surface area contributed by atoms with Crippen LogP contribution in [0.4, 0.5) is 10.1 Å². The zero-order valence-corrected chi connectivity index (χ0v) is 15.8. The van der Waals surface area contributed by atoms with E-state index in [1.54, 1.807) is 6.07 Å². The van der Waals surface area contributed by atoms with E-state index in [-0.39, 0.29) is 29.4 Å². The van der Waals surface area contributed by atoms with Crippen molar-refractivity contribution < 1.29 is 18.5 Å². The Labute approximate surface area is 166 Å². The molecule has 0 aliphatic heterocycles. The summed E-state index contributed by atoms with van der Waals surface area (Å²) in [6, 6.07) is 12.1. The number of furan rings is 1. The van der Waals surface area contributed by atoms with Crippen LogP contribution in [0, 0.1) is 29.8 Å². The van der Waals surface area contributed by atoms with Gasteiger partial charge < -0.3 is 4.42 Å². The number of nitro groups is 1. The number of carbonyl (C=O) groups is 1. The second-order valence-corrected chi connectivity index (χ2v) is 6.52. The van der Waals surface area contributed by atoms with Gasteiger partial charge in [-0.25, -0.2) is 9.82 Å². The highest BCUT2D eigenvalue weighted by molar-refractivity contribution is 5.82. The summed E-state index contributed by atoms with van der Waals surface area (Å²) in [5, 5.41) is 15.0. The minimum absolute atomic E-state index is 0.148. The number of nitrogens with zero attached hydrogens (tertiary/aromatic N) is 2. The van der Waals surface area contributed by atoms with E-state index < -0.39 is 16.4 Å². The summed E-state index contributed by atoms with van der Waals surface area (Å²) in [4.78, 5) is 22.5. The topological polar surface area (TPSA) is 97.7 Å². The first-order chi connectivity index (χ1) is 13.8. The normalized spacial score (nSPS) is 11.0. The second kappa shape index (κ2) is 8.47. The number of hydrogen-bond acceptors (Lipinski definition) is 5. The Morgan fingerprint density at radius 2 is 2.00 bits per heavy atom. The lowest BCUT2D eigenvalue weighted by molar-refractivity contribution is -0.384. The first kappa shape index (κ1) is 19.9. The Morgan fingerprint density at radius 1 is 1.21 bits per heavy atom. The van der Waals surface area contributed by atoms with Crippen LogP contribution in [0.5, 0.6) is 0 Å². The maximum absolute atomic E-state index is 13.3. The number of halogens is 1. The van der Waals surface area contributed by atoms with Crippen molar-refractivity contribution in [3.05, 3.63) is 86.9 Å². The monoisotopic (exact) mass is 395 g/mol. The van der Waals surface area contributed by atoms with Gasteiger partial charge in [-0.1, -0.05) is 23.8 Å². The maximum atomic E-state index is 13.3. The summed E-state index contributed by atoms with van der Waals surface area (Å²) in [5.74, 6) is -0.514. The fourth-order valence-corrected chi connectivity index (χ4v) is 2.86. The first-order valence-corrected chi connectivity index (χ1v) is 8.75. The number of aryl methyl sites for hydroxylation is 2. The molecule has 148 valence electrons. The van der Waals surface area contributed by atoms with Gasteiger partial charge >= 0.3 is 0 Å². The van der Waals surface area contributed by atoms with Crippen LogP contribution in [-0.4, -0.2) is 17.0 Å². The quantitative estimate of drug-likeness (QED) is 0.382. The van der Waals surface area contributed by atoms with Crippen molar-refractivity contribution in [2.24, 2.45) is 5.10 Å². The minimum atomic E-state index is -0.708. The molecule has 0 aliphatic rings. The molecule has 3 rings (SSSR count). The molecule has 2 aromatic carbocycles. The predicted molar refractivity (Wildman–Crippen MR) is 106 cm³/mol. The van der Waals surface area contributed by atoms with Crippen LogP contribution < -0.4 is 5.43 Å². The Bertz CT molecular complexity index is 1110. The van der Waals surface area contributed by atoms with Crippen molar-refractivity contribution in [2.75, 3.05) is 0 Å². The number of carbonyl (C=O) groups excluding carboxylic acids is 1. The molecule has 0 atom stereocenters. The Morgan fingerprint density at radius 3 is 2.72 bits per heavy atom. The van der Waals surface area contributed by atoms with Gasteiger partial charge in [0.05, 0.1) is 29.2 Å². The number of hydrazone groups is 1. The third-order valence-corrected chi connectivity index (χ3v) is 4.28. The number of nitro benzene ring substituents is 1. The van der Waals surface area contributed by atoms with Gasteiger partial charge in [0.25, 0.3) is 5.69 Å². The van der Waals surface area contributed by atoms with Gasteiger partial charge in [-0.15, -0.1) is 0 Å². The van der Waals surface area contributed by atoms with Crippen LogP contribution >= 0.6 is 0 Å². The molecule has 0 spiro atoms. The van der Waals surface area contributed by atoms with E-state index in [9.17, 15) is 19.3 Å². The van der Waals surface area contributed by atoms with Gasteiger partial charge in [-0.05, 0) is 49.2 Å². The van der Waals surface area contributed by atoms with Crippen molar-refractivity contribution in [3.8, 4) is 11.3 Å². The SMILES string of the molecule is Cc1ccc(CC(=O)N/N=C\c2ccc(-c3ccc(F)cc3[N+](=O)[O-])o2)c(C)c1. The molecule has 0 fully saturated rings. The van der Waals surface area contributed by atoms with Gasteiger partial charge in [0.1, 0.15) is 17.3 Å². The fraction of sp³-hybridized carbons (Fsp3) is 0.143. The summed E-state index contributed by atoms with van der Waals surface area (Å²) >= 11 is 0. The van der Waals surface area contributed by atoms with Crippen LogP contribution in [0.2, 0.25) is 0 Å². The largest absolute Gasteiger partial charge is 0.455 e. The number of benzene rings is 2. The minimum Gasteiger partial charge on any atom is -0.455 e. The first-order valence-electron chi connectivity index (χ1n) is 8.75. The molecule has 29 heavy (non-hydrogen) atoms. The zero-order chi connectivity index (χ0) is 21.0. The Hall–Kier alpha value is -3.81. The second-order valence-electron chi connectivity index (χ2n) is 6.52. The fourth-order valence-electron chi connectivity index (χ4n) is 2.86. The smallest absolute Gasteiger partial charge is 0.283 e. The summed E-state index contributed by atoms with van der Waals surface area (Å²) in [7, 11) is 0. The third kappa shape index (κ3) is 4.92. The van der Waals surface area contributed by atoms with Crippen LogP contribution in [0.3, 0.4) is 0 Å². The van der Waals surface area contributed by atoms with Gasteiger partial charge in [0.2, 0.25) is 5.91 Å². The number of amides is 1. The highest BCUT2D eigenvalue weighted by Gasteiger charge is 2.19. The van der Waals surface area contributed by atoms with E-state index in [1.807, 2.05) is 32.0 Å². The predicted octanol–water partition coefficient (Wildman–Crippen LogP) is 4.30. The third-order valence-electron chi connectivity index (χ3n) is 4.28. The molecule has 0 aliphatic carbocycles. The average molecular weight is 395 g/mol. The van der Waals surface area contributed by atoms with Crippen molar-refractivity contribution >= 4 is 17.8 Å². The molecule has 7 nitrogen and oxygen atoms in total. The van der Waals surface area contributed by atoms with Crippen LogP contribution in [-0.2, 0) is 11.2 Å². The molecule has 1 heterocycles. The Balaban J connectivity index is 1.67. The summed E-state index contributed by atoms with van der Waals surface area (Å²) in [6.07, 6.45) is 1.48. The maximum Gasteiger partial charge on any atom is 0.283 e. The van der Waals surface area contributed by atoms with Crippen molar-refractivity contribution in [1.82, 2.24) is 5.43 Å². The van der Waals surface area contributed by atoms with E-state index in [4.69, 9.17) is 4.42 Å². The van der Waals surface area contributed by atoms with E-state index >= 15 is 0 Å². The van der Waals surface area contributed by atoms with E-state index in [0.29, 0.717) is 0 Å². The molecule has 0 unspecified atom stereocenters. The average Bonchev–Trinajstić information content (AvgIpc) is 3.12. The molecule has 0 saturated carbocycles. The molecule has 0 saturated heterocycles. The molecule has 3 aromatic rings. The summed E-state index contributed by atoms with van der Waals surface area (Å²) < 4.78 is 18.8. The molecule has 0 radical (unpaired) electrons. The van der Waals surface area contributed by atoms with E-state index in [0.717, 1.165) is 28.8 Å². The van der Waals surface area contributed by atoms with Gasteiger partial charge in [0.15, 0.2) is 0 Å². The van der Waals surface area contributed by atoms with Gasteiger partial charge in [0, 0.05) is 0 Å². The van der Waals surface area contributed by atoms with E-state index in [2.05, 4.69) is 10.5 Å². The molecule has 1 amide bonds. The highest BCUT2D eigenvalue weighted by atomic mass is 19.1.